The Morgan fingerprint density at radius 2 is 2.13 bits per heavy atom. The first-order valence-corrected chi connectivity index (χ1v) is 8.73. The monoisotopic (exact) mass is 315 g/mol. The lowest BCUT2D eigenvalue weighted by Gasteiger charge is -2.34. The minimum atomic E-state index is 0.138. The highest BCUT2D eigenvalue weighted by molar-refractivity contribution is 5.80. The van der Waals surface area contributed by atoms with Crippen LogP contribution in [0, 0.1) is 11.8 Å². The average molecular weight is 315 g/mol. The molecule has 1 atom stereocenters. The van der Waals surface area contributed by atoms with Crippen molar-refractivity contribution in [2.45, 2.75) is 44.7 Å². The zero-order valence-electron chi connectivity index (χ0n) is 13.8. The van der Waals surface area contributed by atoms with Crippen molar-refractivity contribution < 1.29 is 9.53 Å². The van der Waals surface area contributed by atoms with Gasteiger partial charge in [0.05, 0.1) is 25.0 Å². The van der Waals surface area contributed by atoms with Gasteiger partial charge in [0.1, 0.15) is 0 Å². The number of allylic oxidation sites excluding steroid dienone is 2. The maximum Gasteiger partial charge on any atom is 0.226 e. The smallest absolute Gasteiger partial charge is 0.226 e. The van der Waals surface area contributed by atoms with E-state index in [4.69, 9.17) is 4.74 Å². The molecule has 1 aromatic heterocycles. The molecule has 0 spiro atoms. The summed E-state index contributed by atoms with van der Waals surface area (Å²) in [6.45, 7) is 3.11. The largest absolute Gasteiger partial charge is 0.384 e. The number of nitrogens with zero attached hydrogens (tertiary/aromatic N) is 3. The van der Waals surface area contributed by atoms with Gasteiger partial charge in [0.2, 0.25) is 5.91 Å². The highest BCUT2D eigenvalue weighted by Gasteiger charge is 2.35. The van der Waals surface area contributed by atoms with Crippen LogP contribution in [0.4, 0.5) is 0 Å². The molecule has 23 heavy (non-hydrogen) atoms. The molecule has 1 fully saturated rings. The van der Waals surface area contributed by atoms with E-state index in [1.165, 1.54) is 24.1 Å². The van der Waals surface area contributed by atoms with Crippen molar-refractivity contribution in [3.8, 4) is 0 Å². The second-order valence-electron chi connectivity index (χ2n) is 7.18. The molecule has 1 aliphatic heterocycles. The molecule has 0 radical (unpaired) electrons. The maximum atomic E-state index is 12.8. The number of carbonyl (C=O) groups excluding carboxylic acids is 1. The van der Waals surface area contributed by atoms with Gasteiger partial charge in [-0.1, -0.05) is 12.2 Å². The molecule has 1 amide bonds. The van der Waals surface area contributed by atoms with E-state index in [0.717, 1.165) is 31.8 Å². The normalized spacial score (nSPS) is 24.2. The fourth-order valence-corrected chi connectivity index (χ4v) is 3.84. The molecule has 5 nitrogen and oxygen atoms in total. The first-order valence-electron chi connectivity index (χ1n) is 8.73. The van der Waals surface area contributed by atoms with Crippen LogP contribution in [0.15, 0.2) is 18.3 Å². The van der Waals surface area contributed by atoms with Crippen molar-refractivity contribution in [1.82, 2.24) is 14.7 Å². The van der Waals surface area contributed by atoms with E-state index in [1.54, 1.807) is 7.11 Å². The number of ether oxygens (including phenoxy) is 1. The van der Waals surface area contributed by atoms with Crippen molar-refractivity contribution in [1.29, 1.82) is 0 Å². The van der Waals surface area contributed by atoms with Gasteiger partial charge in [-0.3, -0.25) is 9.48 Å². The molecule has 0 saturated heterocycles. The van der Waals surface area contributed by atoms with E-state index >= 15 is 0 Å². The topological polar surface area (TPSA) is 47.4 Å². The summed E-state index contributed by atoms with van der Waals surface area (Å²) >= 11 is 0. The Morgan fingerprint density at radius 3 is 2.83 bits per heavy atom. The van der Waals surface area contributed by atoms with Crippen LogP contribution in [0.2, 0.25) is 0 Å². The fourth-order valence-electron chi connectivity index (χ4n) is 3.84. The Morgan fingerprint density at radius 1 is 1.35 bits per heavy atom. The van der Waals surface area contributed by atoms with E-state index in [2.05, 4.69) is 21.9 Å². The van der Waals surface area contributed by atoms with Gasteiger partial charge in [0, 0.05) is 37.6 Å². The summed E-state index contributed by atoms with van der Waals surface area (Å²) in [5, 5.41) is 4.61. The molecule has 0 N–H and O–H groups in total. The number of rotatable bonds is 5. The Balaban J connectivity index is 1.56. The van der Waals surface area contributed by atoms with E-state index < -0.39 is 0 Å². The van der Waals surface area contributed by atoms with Crippen molar-refractivity contribution in [2.75, 3.05) is 20.3 Å². The van der Waals surface area contributed by atoms with Gasteiger partial charge in [0.15, 0.2) is 0 Å². The number of hydrogen-bond acceptors (Lipinski definition) is 3. The summed E-state index contributed by atoms with van der Waals surface area (Å²) in [7, 11) is 1.73. The Hall–Kier alpha value is -1.62. The van der Waals surface area contributed by atoms with Gasteiger partial charge in [-0.25, -0.2) is 0 Å². The minimum absolute atomic E-state index is 0.138. The number of amides is 1. The molecule has 4 rings (SSSR count). The van der Waals surface area contributed by atoms with E-state index in [1.807, 2.05) is 11.1 Å². The van der Waals surface area contributed by atoms with E-state index in [9.17, 15) is 4.79 Å². The van der Waals surface area contributed by atoms with Crippen molar-refractivity contribution >= 4 is 5.91 Å². The van der Waals surface area contributed by atoms with Crippen molar-refractivity contribution in [3.63, 3.8) is 0 Å². The quantitative estimate of drug-likeness (QED) is 0.784. The van der Waals surface area contributed by atoms with Crippen LogP contribution >= 0.6 is 0 Å². The molecule has 2 heterocycles. The molecule has 0 aromatic carbocycles. The summed E-state index contributed by atoms with van der Waals surface area (Å²) in [4.78, 5) is 14.9. The lowest BCUT2D eigenvalue weighted by molar-refractivity contribution is -0.136. The molecular formula is C18H25N3O2. The van der Waals surface area contributed by atoms with E-state index in [0.29, 0.717) is 19.1 Å². The molecule has 0 bridgehead atoms. The van der Waals surface area contributed by atoms with E-state index in [-0.39, 0.29) is 11.8 Å². The Labute approximate surface area is 137 Å². The maximum absolute atomic E-state index is 12.8. The molecule has 3 aliphatic rings. The van der Waals surface area contributed by atoms with Crippen molar-refractivity contribution in [2.24, 2.45) is 11.8 Å². The van der Waals surface area contributed by atoms with Crippen LogP contribution in [0.25, 0.3) is 0 Å². The van der Waals surface area contributed by atoms with Crippen LogP contribution < -0.4 is 0 Å². The lowest BCUT2D eigenvalue weighted by Crippen LogP contribution is -2.42. The SMILES string of the molecule is COCC1CN(C(=O)C2CC=CC2)Cc2c1cnn2CC1CC1. The number of hydrogen-bond donors (Lipinski definition) is 0. The first kappa shape index (κ1) is 14.9. The number of carbonyl (C=O) groups is 1. The fraction of sp³-hybridized carbons (Fsp3) is 0.667. The number of methoxy groups -OCH3 is 1. The Kier molecular flexibility index (Phi) is 3.97. The molecule has 1 aromatic rings. The third-order valence-corrected chi connectivity index (χ3v) is 5.37. The van der Waals surface area contributed by atoms with Gasteiger partial charge in [-0.2, -0.15) is 5.10 Å². The number of fused-ring (bicyclic) bond motifs is 1. The van der Waals surface area contributed by atoms with Crippen LogP contribution in [-0.4, -0.2) is 40.8 Å². The van der Waals surface area contributed by atoms with Gasteiger partial charge < -0.3 is 9.64 Å². The van der Waals surface area contributed by atoms with Gasteiger partial charge in [-0.05, 0) is 31.6 Å². The predicted octanol–water partition coefficient (Wildman–Crippen LogP) is 2.33. The minimum Gasteiger partial charge on any atom is -0.384 e. The van der Waals surface area contributed by atoms with Gasteiger partial charge >= 0.3 is 0 Å². The second kappa shape index (κ2) is 6.11. The predicted molar refractivity (Wildman–Crippen MR) is 86.8 cm³/mol. The highest BCUT2D eigenvalue weighted by Crippen LogP contribution is 2.35. The third kappa shape index (κ3) is 2.94. The highest BCUT2D eigenvalue weighted by atomic mass is 16.5. The molecule has 1 unspecified atom stereocenters. The molecule has 5 heteroatoms. The summed E-state index contributed by atoms with van der Waals surface area (Å²) < 4.78 is 7.55. The molecule has 124 valence electrons. The zero-order valence-corrected chi connectivity index (χ0v) is 13.8. The second-order valence-corrected chi connectivity index (χ2v) is 7.18. The molecule has 1 saturated carbocycles. The zero-order chi connectivity index (χ0) is 15.8. The van der Waals surface area contributed by atoms with Crippen LogP contribution in [0.3, 0.4) is 0 Å². The molecular weight excluding hydrogens is 290 g/mol. The summed E-state index contributed by atoms with van der Waals surface area (Å²) in [5.41, 5.74) is 2.51. The lowest BCUT2D eigenvalue weighted by atomic mass is 9.94. The standard InChI is InChI=1S/C18H25N3O2/c1-23-12-15-10-20(18(22)14-4-2-3-5-14)11-17-16(15)8-19-21(17)9-13-6-7-13/h2-3,8,13-15H,4-7,9-12H2,1H3. The average Bonchev–Trinajstić information content (AvgIpc) is 3.05. The van der Waals surface area contributed by atoms with Crippen LogP contribution in [0.5, 0.6) is 0 Å². The molecule has 2 aliphatic carbocycles. The van der Waals surface area contributed by atoms with Gasteiger partial charge in [0.25, 0.3) is 0 Å². The Bertz CT molecular complexity index is 610. The summed E-state index contributed by atoms with van der Waals surface area (Å²) in [6.07, 6.45) is 10.7. The first-order chi connectivity index (χ1) is 11.3. The van der Waals surface area contributed by atoms with Crippen LogP contribution in [0.1, 0.15) is 42.9 Å². The summed E-state index contributed by atoms with van der Waals surface area (Å²) in [6, 6.07) is 0. The van der Waals surface area contributed by atoms with Crippen molar-refractivity contribution in [3.05, 3.63) is 29.6 Å². The number of aromatic nitrogens is 2. The van der Waals surface area contributed by atoms with Gasteiger partial charge in [-0.15, -0.1) is 0 Å². The third-order valence-electron chi connectivity index (χ3n) is 5.37. The van der Waals surface area contributed by atoms with Crippen LogP contribution in [-0.2, 0) is 22.6 Å². The summed E-state index contributed by atoms with van der Waals surface area (Å²) in [5.74, 6) is 1.46.